The topological polar surface area (TPSA) is 215 Å². The minimum absolute atomic E-state index is 0. The van der Waals surface area contributed by atoms with Crippen LogP contribution in [0.4, 0.5) is 5.69 Å². The maximum atomic E-state index is 12.1. The molecule has 2 aromatic rings. The molecule has 5 N–H and O–H groups in total. The van der Waals surface area contributed by atoms with Crippen LogP contribution in [0.25, 0.3) is 33.4 Å². The molecule has 7 rings (SSSR count). The summed E-state index contributed by atoms with van der Waals surface area (Å²) in [6, 6.07) is 19.6. The van der Waals surface area contributed by atoms with Gasteiger partial charge in [0.15, 0.2) is 0 Å². The van der Waals surface area contributed by atoms with E-state index in [4.69, 9.17) is 19.7 Å². The first-order chi connectivity index (χ1) is 41.3. The molecule has 1 atom stereocenters. The molecule has 2 aromatic carbocycles. The van der Waals surface area contributed by atoms with Crippen molar-refractivity contribution in [2.45, 2.75) is 87.0 Å². The van der Waals surface area contributed by atoms with Crippen LogP contribution in [-0.4, -0.2) is 161 Å². The van der Waals surface area contributed by atoms with Gasteiger partial charge in [0.2, 0.25) is 5.36 Å². The summed E-state index contributed by atoms with van der Waals surface area (Å²) in [5.74, 6) is 2.22. The molecular weight excluding hydrogens is 1620 g/mol. The van der Waals surface area contributed by atoms with Crippen LogP contribution in [0.2, 0.25) is 0 Å². The predicted molar refractivity (Wildman–Crippen MR) is 393 cm³/mol. The Hall–Kier alpha value is -2.04. The smallest absolute Gasteiger partial charge is 0.383 e. The summed E-state index contributed by atoms with van der Waals surface area (Å²) < 4.78 is 21.8. The van der Waals surface area contributed by atoms with Crippen molar-refractivity contribution in [1.29, 1.82) is 0 Å². The monoisotopic (exact) mass is 1720 g/mol. The number of halogens is 1. The van der Waals surface area contributed by atoms with E-state index in [1.165, 1.54) is 52.7 Å². The number of anilines is 1. The number of nitrogens with one attached hydrogen (secondary N) is 1. The number of methoxy groups -OCH3 is 3. The number of hydrogen-bond acceptors (Lipinski definition) is 19. The van der Waals surface area contributed by atoms with E-state index < -0.39 is 11.9 Å². The van der Waals surface area contributed by atoms with Crippen LogP contribution in [-0.2, 0) is 134 Å². The summed E-state index contributed by atoms with van der Waals surface area (Å²) >= 11 is 15.6. The van der Waals surface area contributed by atoms with Gasteiger partial charge >= 0.3 is 23.9 Å². The molecule has 1 aliphatic carbocycles. The number of rotatable bonds is 14. The number of terminal acetylenes is 1. The fourth-order valence-electron chi connectivity index (χ4n) is 9.00. The van der Waals surface area contributed by atoms with E-state index in [-0.39, 0.29) is 112 Å². The van der Waals surface area contributed by atoms with Crippen molar-refractivity contribution in [2.24, 2.45) is 17.8 Å². The zero-order valence-electron chi connectivity index (χ0n) is 52.9. The van der Waals surface area contributed by atoms with Crippen molar-refractivity contribution in [3.8, 4) is 34.8 Å². The van der Waals surface area contributed by atoms with Gasteiger partial charge in [-0.25, -0.2) is 23.8 Å². The van der Waals surface area contributed by atoms with E-state index >= 15 is 0 Å². The zero-order valence-corrected chi connectivity index (χ0v) is 67.3. The molecule has 1 unspecified atom stereocenters. The van der Waals surface area contributed by atoms with E-state index in [2.05, 4.69) is 196 Å². The first kappa shape index (κ1) is 108. The van der Waals surface area contributed by atoms with Crippen LogP contribution < -0.4 is 20.1 Å². The Morgan fingerprint density at radius 3 is 1.52 bits per heavy atom. The summed E-state index contributed by atoms with van der Waals surface area (Å²) in [5.41, 5.74) is 4.62. The third-order valence-electron chi connectivity index (χ3n) is 13.8. The number of carbonyl (C=O) groups is 4. The van der Waals surface area contributed by atoms with E-state index in [1.54, 1.807) is 24.3 Å². The number of fused-ring (bicyclic) bond motifs is 2. The Balaban J connectivity index is -0.000000140. The van der Waals surface area contributed by atoms with Gasteiger partial charge in [-0.15, -0.1) is 18.8 Å². The largest absolute Gasteiger partial charge is 0.478 e. The maximum Gasteiger partial charge on any atom is 0.383 e. The van der Waals surface area contributed by atoms with Gasteiger partial charge in [-0.3, -0.25) is 0 Å². The number of benzene rings is 3. The Morgan fingerprint density at radius 1 is 0.692 bits per heavy atom. The maximum absolute atomic E-state index is 12.1. The molecule has 0 amide bonds. The van der Waals surface area contributed by atoms with Crippen molar-refractivity contribution in [3.63, 3.8) is 0 Å². The van der Waals surface area contributed by atoms with Crippen molar-refractivity contribution >= 4 is 142 Å². The number of piperidine rings is 3. The summed E-state index contributed by atoms with van der Waals surface area (Å²) in [5, 5.41) is 39.7. The Bertz CT molecular complexity index is 2600. The first-order valence-corrected chi connectivity index (χ1v) is 34.2. The van der Waals surface area contributed by atoms with E-state index in [1.807, 2.05) is 18.3 Å². The van der Waals surface area contributed by atoms with Crippen molar-refractivity contribution in [3.05, 3.63) is 96.1 Å². The fourth-order valence-corrected chi connectivity index (χ4v) is 9.00. The Labute approximate surface area is 620 Å². The van der Waals surface area contributed by atoms with Gasteiger partial charge < -0.3 is 59.1 Å². The van der Waals surface area contributed by atoms with Crippen LogP contribution in [0, 0.1) is 30.1 Å². The number of likely N-dealkylation sites (tertiary alicyclic amines) is 2. The number of carbonyl (C=O) groups excluding carboxylic acids is 3. The van der Waals surface area contributed by atoms with Crippen molar-refractivity contribution < 1.29 is 117 Å². The first-order valence-electron chi connectivity index (χ1n) is 27.7. The molecule has 91 heavy (non-hydrogen) atoms. The average molecular weight is 1720 g/mol. The molecule has 30 heteroatoms. The van der Waals surface area contributed by atoms with Gasteiger partial charge in [-0.1, -0.05) is 86.2 Å². The number of hydrogen-bond donors (Lipinski definition) is 5. The van der Waals surface area contributed by atoms with Crippen molar-refractivity contribution in [2.75, 3.05) is 112 Å². The molecule has 17 nitrogen and oxygen atoms in total. The van der Waals surface area contributed by atoms with Crippen molar-refractivity contribution in [1.82, 2.24) is 19.7 Å². The molecular formula is C61H100ClN5O12P5Rh3S4+. The van der Waals surface area contributed by atoms with E-state index in [0.717, 1.165) is 143 Å². The minimum Gasteiger partial charge on any atom is -0.478 e. The second kappa shape index (κ2) is 70.8. The zero-order chi connectivity index (χ0) is 65.1. The summed E-state index contributed by atoms with van der Waals surface area (Å²) in [6.45, 7) is 21.1. The van der Waals surface area contributed by atoms with Gasteiger partial charge in [0.1, 0.15) is 24.4 Å². The molecule has 3 saturated heterocycles. The number of aliphatic hydroxyl groups excluding tert-OH is 3. The molecule has 0 spiro atoms. The van der Waals surface area contributed by atoms with E-state index in [0.29, 0.717) is 24.0 Å². The molecule has 0 saturated carbocycles. The van der Waals surface area contributed by atoms with Gasteiger partial charge in [0.05, 0.1) is 33.0 Å². The summed E-state index contributed by atoms with van der Waals surface area (Å²) in [7, 11) is 15.2. The van der Waals surface area contributed by atoms with Gasteiger partial charge in [0, 0.05) is 183 Å². The molecule has 0 aromatic heterocycles. The van der Waals surface area contributed by atoms with Gasteiger partial charge in [-0.2, -0.15) is 9.90 Å². The normalized spacial score (nSPS) is 12.6. The van der Waals surface area contributed by atoms with Crippen LogP contribution in [0.1, 0.15) is 97.3 Å². The molecule has 523 valence electrons. The van der Waals surface area contributed by atoms with E-state index in [9.17, 15) is 24.3 Å². The summed E-state index contributed by atoms with van der Waals surface area (Å²) in [6.07, 6.45) is 19.1. The SMILES string of the molecule is C.C#CC(=O)OC.CCC1CCN(/C=C/C(=O)OC)CC1.CCN(CC)c1ccc2c(-c3ccccc3C(=O)O)c3ccc(=[N+](CC)CC)cc-3oc2c1.CO.COC(=O)/C=C/N1CCC(CO)CC1.Cl.OCC1CCNCC1.P.P=S.P=S.P=S.P=S.[Rh].[Rh].[Rh]. The minimum atomic E-state index is -0.938. The number of aliphatic hydroxyl groups is 3. The molecule has 0 bridgehead atoms. The van der Waals surface area contributed by atoms with Gasteiger partial charge in [-0.05, 0) is 159 Å². The Morgan fingerprint density at radius 2 is 1.14 bits per heavy atom. The number of nitrogens with zero attached hydrogens (tertiary/aromatic N) is 4. The number of carboxylic acid groups (broad SMARTS) is 1. The molecule has 4 aliphatic heterocycles. The second-order valence-corrected chi connectivity index (χ2v) is 18.3. The molecule has 5 aliphatic rings. The quantitative estimate of drug-likeness (QED) is 0.00913. The number of ether oxygens (including phenoxy) is 3. The van der Waals surface area contributed by atoms with Crippen LogP contribution in [0.3, 0.4) is 0 Å². The predicted octanol–water partition coefficient (Wildman–Crippen LogP) is 10.6. The Kier molecular flexibility index (Phi) is 83.7. The van der Waals surface area contributed by atoms with Crippen LogP contribution in [0.5, 0.6) is 0 Å². The number of esters is 3. The molecule has 3 fully saturated rings. The number of aromatic carboxylic acids is 1. The fraction of sp³-hybridized carbons (Fsp3) is 0.525. The number of carboxylic acids is 1. The summed E-state index contributed by atoms with van der Waals surface area (Å²) in [4.78, 5) is 50.0. The average Bonchev–Trinajstić information content (AvgIpc) is 0.777. The molecule has 3 radical (unpaired) electrons. The van der Waals surface area contributed by atoms with Crippen LogP contribution in [0.15, 0.2) is 89.6 Å². The standard InChI is InChI=1S/C28H30N2O3.C11H19NO2.C10H17NO3.C6H13NO.C4H4O2.CH4O.CH4.ClH.4HPS.H3P.3Rh/c1-5-29(6-2)19-13-15-23-25(17-19)33-26-18-20(30(7-3)8-4)14-16-24(26)27(23)21-11-9-10-12-22(21)28(31)32;1-3-10-4-7-12(8-5-10)9-6-11(13)14-2;1-14-10(13)4-7-11-5-2-9(8-12)3-6-11;8-5-6-1-3-7-4-2-6;1-3-4(5)6-2;1-2;;;4*1-2;;;;/h9-18H,5-8H2,1-4H3;6,9-10H,3-5,7-8H2,1-2H3;4,7,9,12H,2-3,5-6,8H2,1H3;6-8H,1-5H2;1H,2H3;2H,1H3;1H4;1H;4*1H;1H3;;;/p+1/b;9-6+;7-4+;;;;;;;;;;;;;. The third kappa shape index (κ3) is 43.0. The van der Waals surface area contributed by atoms with Gasteiger partial charge in [0.25, 0.3) is 0 Å². The second-order valence-electron chi connectivity index (χ2n) is 18.3. The van der Waals surface area contributed by atoms with Crippen LogP contribution >= 0.6 is 54.4 Å². The molecule has 4 heterocycles. The third-order valence-corrected chi connectivity index (χ3v) is 13.8.